The molecule has 0 fully saturated rings. The van der Waals surface area contributed by atoms with Crippen molar-refractivity contribution in [2.45, 2.75) is 19.5 Å². The summed E-state index contributed by atoms with van der Waals surface area (Å²) in [4.78, 5) is 36.4. The molecule has 1 aliphatic heterocycles. The van der Waals surface area contributed by atoms with E-state index in [-0.39, 0.29) is 17.0 Å². The number of phenolic OH excluding ortho intramolecular Hbond substituents is 1. The third-order valence-electron chi connectivity index (χ3n) is 4.77. The molecule has 142 valence electrons. The number of rotatable bonds is 4. The van der Waals surface area contributed by atoms with E-state index >= 15 is 0 Å². The number of hydrogen-bond acceptors (Lipinski definition) is 7. The van der Waals surface area contributed by atoms with Gasteiger partial charge in [0.15, 0.2) is 0 Å². The molecule has 4 rings (SSSR count). The van der Waals surface area contributed by atoms with E-state index in [0.29, 0.717) is 43.0 Å². The second-order valence-electron chi connectivity index (χ2n) is 6.61. The zero-order chi connectivity index (χ0) is 19.7. The molecular formula is C19H17N5O4. The van der Waals surface area contributed by atoms with Crippen molar-refractivity contribution in [3.8, 4) is 17.1 Å². The van der Waals surface area contributed by atoms with Crippen LogP contribution in [0.15, 0.2) is 47.5 Å². The molecule has 3 aromatic rings. The van der Waals surface area contributed by atoms with Crippen LogP contribution in [-0.4, -0.2) is 36.4 Å². The van der Waals surface area contributed by atoms with Crippen LogP contribution in [0.25, 0.3) is 11.4 Å². The Kier molecular flexibility index (Phi) is 4.58. The van der Waals surface area contributed by atoms with Gasteiger partial charge in [0, 0.05) is 61.7 Å². The first-order valence-electron chi connectivity index (χ1n) is 8.72. The van der Waals surface area contributed by atoms with Crippen molar-refractivity contribution < 1.29 is 10.0 Å². The van der Waals surface area contributed by atoms with E-state index in [9.17, 15) is 20.0 Å². The fourth-order valence-corrected chi connectivity index (χ4v) is 3.32. The minimum absolute atomic E-state index is 0.00327. The largest absolute Gasteiger partial charge is 0.508 e. The first-order valence-corrected chi connectivity index (χ1v) is 8.72. The molecule has 0 spiro atoms. The number of nitro groups is 1. The summed E-state index contributed by atoms with van der Waals surface area (Å²) in [6, 6.07) is 7.51. The highest BCUT2D eigenvalue weighted by Crippen LogP contribution is 2.26. The van der Waals surface area contributed by atoms with Crippen LogP contribution < -0.4 is 5.56 Å². The molecule has 0 amide bonds. The molecule has 9 heteroatoms. The van der Waals surface area contributed by atoms with E-state index in [1.165, 1.54) is 18.2 Å². The number of nitrogens with one attached hydrogen (secondary N) is 1. The van der Waals surface area contributed by atoms with Crippen LogP contribution in [0, 0.1) is 10.1 Å². The highest BCUT2D eigenvalue weighted by Gasteiger charge is 2.23. The van der Waals surface area contributed by atoms with Gasteiger partial charge in [-0.1, -0.05) is 0 Å². The van der Waals surface area contributed by atoms with Crippen molar-refractivity contribution in [1.29, 1.82) is 0 Å². The van der Waals surface area contributed by atoms with Gasteiger partial charge in [0.1, 0.15) is 11.6 Å². The number of hydrogen-bond donors (Lipinski definition) is 2. The van der Waals surface area contributed by atoms with Gasteiger partial charge >= 0.3 is 0 Å². The van der Waals surface area contributed by atoms with Crippen LogP contribution in [0.1, 0.15) is 16.8 Å². The fraction of sp³-hybridized carbons (Fsp3) is 0.211. The molecule has 0 atom stereocenters. The summed E-state index contributed by atoms with van der Waals surface area (Å²) in [6.45, 7) is 1.29. The Bertz CT molecular complexity index is 1100. The van der Waals surface area contributed by atoms with Crippen LogP contribution in [0.5, 0.6) is 5.75 Å². The number of aromatic hydroxyl groups is 1. The lowest BCUT2D eigenvalue weighted by Crippen LogP contribution is -2.35. The molecule has 9 nitrogen and oxygen atoms in total. The Hall–Kier alpha value is -3.59. The van der Waals surface area contributed by atoms with E-state index in [1.807, 2.05) is 4.90 Å². The summed E-state index contributed by atoms with van der Waals surface area (Å²) in [5, 5.41) is 21.0. The first-order chi connectivity index (χ1) is 13.5. The second kappa shape index (κ2) is 7.20. The topological polar surface area (TPSA) is 125 Å². The third-order valence-corrected chi connectivity index (χ3v) is 4.77. The Morgan fingerprint density at radius 1 is 1.25 bits per heavy atom. The van der Waals surface area contributed by atoms with E-state index < -0.39 is 4.92 Å². The Balaban J connectivity index is 1.58. The number of nitrogens with zero attached hydrogens (tertiary/aromatic N) is 4. The minimum Gasteiger partial charge on any atom is -0.508 e. The maximum atomic E-state index is 12.6. The van der Waals surface area contributed by atoms with Gasteiger partial charge < -0.3 is 10.1 Å². The van der Waals surface area contributed by atoms with E-state index in [1.54, 1.807) is 24.5 Å². The zero-order valence-corrected chi connectivity index (χ0v) is 14.8. The van der Waals surface area contributed by atoms with Crippen molar-refractivity contribution in [3.05, 3.63) is 80.0 Å². The number of H-pyrrole nitrogens is 1. The molecule has 0 radical (unpaired) electrons. The lowest BCUT2D eigenvalue weighted by Gasteiger charge is -2.27. The highest BCUT2D eigenvalue weighted by molar-refractivity contribution is 5.54. The van der Waals surface area contributed by atoms with Gasteiger partial charge in [-0.25, -0.2) is 4.98 Å². The number of nitro benzene ring substituents is 1. The van der Waals surface area contributed by atoms with Crippen LogP contribution in [0.3, 0.4) is 0 Å². The van der Waals surface area contributed by atoms with Crippen molar-refractivity contribution in [3.63, 3.8) is 0 Å². The monoisotopic (exact) mass is 379 g/mol. The predicted octanol–water partition coefficient (Wildman–Crippen LogP) is 2.00. The summed E-state index contributed by atoms with van der Waals surface area (Å²) in [5.41, 5.74) is 2.29. The van der Waals surface area contributed by atoms with Gasteiger partial charge in [-0.2, -0.15) is 0 Å². The molecule has 0 saturated heterocycles. The van der Waals surface area contributed by atoms with E-state index in [4.69, 9.17) is 0 Å². The Morgan fingerprint density at radius 3 is 2.79 bits per heavy atom. The molecule has 1 aliphatic rings. The average molecular weight is 379 g/mol. The highest BCUT2D eigenvalue weighted by atomic mass is 16.6. The van der Waals surface area contributed by atoms with Crippen molar-refractivity contribution in [2.75, 3.05) is 6.54 Å². The van der Waals surface area contributed by atoms with Crippen molar-refractivity contribution in [1.82, 2.24) is 19.9 Å². The maximum Gasteiger partial charge on any atom is 0.270 e. The summed E-state index contributed by atoms with van der Waals surface area (Å²) in [7, 11) is 0. The fourth-order valence-electron chi connectivity index (χ4n) is 3.32. The number of pyridine rings is 1. The molecule has 0 saturated carbocycles. The van der Waals surface area contributed by atoms with Crippen LogP contribution in [0.4, 0.5) is 5.69 Å². The van der Waals surface area contributed by atoms with Gasteiger partial charge in [0.25, 0.3) is 11.2 Å². The van der Waals surface area contributed by atoms with Gasteiger partial charge in [0.2, 0.25) is 0 Å². The summed E-state index contributed by atoms with van der Waals surface area (Å²) >= 11 is 0. The molecule has 0 aliphatic carbocycles. The number of non-ortho nitro benzene ring substituents is 1. The number of aromatic amines is 1. The molecule has 0 unspecified atom stereocenters. The number of aromatic nitrogens is 3. The predicted molar refractivity (Wildman–Crippen MR) is 101 cm³/mol. The lowest BCUT2D eigenvalue weighted by atomic mass is 10.0. The number of fused-ring (bicyclic) bond motifs is 1. The smallest absolute Gasteiger partial charge is 0.270 e. The number of phenols is 1. The van der Waals surface area contributed by atoms with Gasteiger partial charge in [-0.05, 0) is 18.2 Å². The molecule has 1 aromatic carbocycles. The molecule has 28 heavy (non-hydrogen) atoms. The van der Waals surface area contributed by atoms with Crippen molar-refractivity contribution >= 4 is 5.69 Å². The van der Waals surface area contributed by atoms with Gasteiger partial charge in [-0.3, -0.25) is 24.8 Å². The normalized spacial score (nSPS) is 13.9. The molecule has 3 heterocycles. The first kappa shape index (κ1) is 17.8. The summed E-state index contributed by atoms with van der Waals surface area (Å²) in [5.74, 6) is 0.507. The standard InChI is InChI=1S/C19H17N5O4/c25-17-2-1-14(24(27)28)9-13(17)10-23-8-5-16-15(11-23)19(26)22-18(21-16)12-3-6-20-7-4-12/h1-4,6-7,9,25H,5,8,10-11H2,(H,21,22,26). The van der Waals surface area contributed by atoms with E-state index in [0.717, 1.165) is 11.3 Å². The average Bonchev–Trinajstić information content (AvgIpc) is 2.70. The Labute approximate surface area is 159 Å². The second-order valence-corrected chi connectivity index (χ2v) is 6.61. The minimum atomic E-state index is -0.496. The van der Waals surface area contributed by atoms with Crippen LogP contribution in [-0.2, 0) is 19.5 Å². The summed E-state index contributed by atoms with van der Waals surface area (Å²) in [6.07, 6.45) is 3.86. The SMILES string of the molecule is O=c1[nH]c(-c2ccncc2)nc2c1CN(Cc1cc([N+](=O)[O-])ccc1O)CC2. The molecule has 0 bridgehead atoms. The zero-order valence-electron chi connectivity index (χ0n) is 14.8. The van der Waals surface area contributed by atoms with E-state index in [2.05, 4.69) is 15.0 Å². The molecule has 2 N–H and O–H groups in total. The maximum absolute atomic E-state index is 12.6. The van der Waals surface area contributed by atoms with Crippen LogP contribution >= 0.6 is 0 Å². The lowest BCUT2D eigenvalue weighted by molar-refractivity contribution is -0.385. The Morgan fingerprint density at radius 2 is 2.04 bits per heavy atom. The third kappa shape index (κ3) is 3.47. The number of benzene rings is 1. The van der Waals surface area contributed by atoms with Gasteiger partial charge in [-0.15, -0.1) is 0 Å². The quantitative estimate of drug-likeness (QED) is 0.524. The van der Waals surface area contributed by atoms with Gasteiger partial charge in [0.05, 0.1) is 16.2 Å². The van der Waals surface area contributed by atoms with Crippen molar-refractivity contribution in [2.24, 2.45) is 0 Å². The van der Waals surface area contributed by atoms with Crippen LogP contribution in [0.2, 0.25) is 0 Å². The summed E-state index contributed by atoms with van der Waals surface area (Å²) < 4.78 is 0. The molecule has 2 aromatic heterocycles. The molecular weight excluding hydrogens is 362 g/mol.